The minimum Gasteiger partial charge on any atom is -0.483 e. The topological polar surface area (TPSA) is 112 Å². The zero-order valence-electron chi connectivity index (χ0n) is 6.77. The summed E-state index contributed by atoms with van der Waals surface area (Å²) in [4.78, 5) is 8.36. The number of hydrazone groups is 1. The molecule has 6 nitrogen and oxygen atoms in total. The Bertz CT molecular complexity index is 268. The minimum absolute atomic E-state index is 0.0363. The lowest BCUT2D eigenvalue weighted by atomic mass is 10.2. The summed E-state index contributed by atoms with van der Waals surface area (Å²) in [6, 6.07) is 0. The third kappa shape index (κ3) is 5.19. The van der Waals surface area contributed by atoms with Gasteiger partial charge in [0.2, 0.25) is 0 Å². The van der Waals surface area contributed by atoms with Gasteiger partial charge in [-0.15, -0.1) is 0 Å². The number of hydrogen-bond donors (Lipinski definition) is 4. The molecule has 0 aliphatic carbocycles. The van der Waals surface area contributed by atoms with Gasteiger partial charge in [-0.05, 0) is 12.2 Å². The Kier molecular flexibility index (Phi) is 5.52. The Morgan fingerprint density at radius 3 is 2.92 bits per heavy atom. The zero-order valence-corrected chi connectivity index (χ0v) is 6.77. The third-order valence-corrected chi connectivity index (χ3v) is 1.04. The largest absolute Gasteiger partial charge is 0.483 e. The van der Waals surface area contributed by atoms with E-state index in [1.165, 1.54) is 0 Å². The monoisotopic (exact) mass is 182 g/mol. The highest BCUT2D eigenvalue weighted by molar-refractivity contribution is 5.98. The Morgan fingerprint density at radius 2 is 2.38 bits per heavy atom. The van der Waals surface area contributed by atoms with Gasteiger partial charge in [0.05, 0.1) is 0 Å². The summed E-state index contributed by atoms with van der Waals surface area (Å²) in [7, 11) is 0. The summed E-state index contributed by atoms with van der Waals surface area (Å²) in [6.07, 6.45) is 6.59. The van der Waals surface area contributed by atoms with Crippen molar-refractivity contribution in [2.75, 3.05) is 0 Å². The molecule has 0 amide bonds. The van der Waals surface area contributed by atoms with Crippen molar-refractivity contribution in [3.8, 4) is 0 Å². The molecule has 0 bridgehead atoms. The van der Waals surface area contributed by atoms with Crippen LogP contribution >= 0.6 is 0 Å². The van der Waals surface area contributed by atoms with E-state index in [1.54, 1.807) is 24.6 Å². The molecule has 0 radical (unpaired) electrons. The van der Waals surface area contributed by atoms with Gasteiger partial charge in [0.25, 0.3) is 6.47 Å². The lowest BCUT2D eigenvalue weighted by molar-refractivity contribution is -0.122. The second-order valence-corrected chi connectivity index (χ2v) is 1.89. The smallest absolute Gasteiger partial charge is 0.290 e. The lowest BCUT2D eigenvalue weighted by Crippen LogP contribution is -2.12. The number of amidine groups is 1. The highest BCUT2D eigenvalue weighted by atomic mass is 16.3. The van der Waals surface area contributed by atoms with Crippen LogP contribution in [0, 0.1) is 5.41 Å². The first-order chi connectivity index (χ1) is 6.22. The second kappa shape index (κ2) is 6.59. The van der Waals surface area contributed by atoms with Crippen molar-refractivity contribution in [2.24, 2.45) is 10.8 Å². The van der Waals surface area contributed by atoms with Gasteiger partial charge in [0.15, 0.2) is 0 Å². The van der Waals surface area contributed by atoms with Crippen molar-refractivity contribution < 1.29 is 9.90 Å². The average molecular weight is 182 g/mol. The van der Waals surface area contributed by atoms with Crippen molar-refractivity contribution in [1.29, 1.82) is 5.41 Å². The van der Waals surface area contributed by atoms with E-state index in [0.717, 1.165) is 0 Å². The molecule has 1 heterocycles. The Labute approximate surface area is 74.9 Å². The first-order valence-electron chi connectivity index (χ1n) is 3.30. The fourth-order valence-electron chi connectivity index (χ4n) is 0.555. The number of carboxylic acid groups (broad SMARTS) is 1. The molecule has 1 aliphatic rings. The highest BCUT2D eigenvalue weighted by Gasteiger charge is 1.94. The molecule has 0 spiro atoms. The normalized spacial score (nSPS) is 12.8. The molecule has 0 saturated carbocycles. The van der Waals surface area contributed by atoms with E-state index < -0.39 is 0 Å². The molecule has 0 atom stereocenters. The van der Waals surface area contributed by atoms with Crippen LogP contribution in [0.2, 0.25) is 0 Å². The summed E-state index contributed by atoms with van der Waals surface area (Å²) in [6.45, 7) is -0.250. The van der Waals surface area contributed by atoms with Gasteiger partial charge >= 0.3 is 0 Å². The van der Waals surface area contributed by atoms with E-state index in [1.807, 2.05) is 0 Å². The number of rotatable bonds is 1. The SMILES string of the molecule is N=C(N)C1=CNN=CC=C1.O=CO. The van der Waals surface area contributed by atoms with E-state index in [4.69, 9.17) is 21.0 Å². The van der Waals surface area contributed by atoms with Crippen LogP contribution in [0.5, 0.6) is 0 Å². The van der Waals surface area contributed by atoms with E-state index in [-0.39, 0.29) is 12.3 Å². The van der Waals surface area contributed by atoms with Crippen LogP contribution in [-0.4, -0.2) is 23.6 Å². The van der Waals surface area contributed by atoms with Crippen molar-refractivity contribution in [1.82, 2.24) is 5.43 Å². The van der Waals surface area contributed by atoms with Crippen LogP contribution in [-0.2, 0) is 4.79 Å². The maximum absolute atomic E-state index is 8.36. The van der Waals surface area contributed by atoms with Crippen LogP contribution in [0.15, 0.2) is 29.0 Å². The average Bonchev–Trinajstić information content (AvgIpc) is 2.32. The number of carbonyl (C=O) groups is 1. The maximum atomic E-state index is 8.36. The van der Waals surface area contributed by atoms with Crippen molar-refractivity contribution in [3.05, 3.63) is 23.9 Å². The summed E-state index contributed by atoms with van der Waals surface area (Å²) in [5.41, 5.74) is 8.44. The molecule has 70 valence electrons. The Balaban J connectivity index is 0.000000424. The summed E-state index contributed by atoms with van der Waals surface area (Å²) in [5, 5.41) is 17.7. The molecule has 1 rings (SSSR count). The van der Waals surface area contributed by atoms with Crippen molar-refractivity contribution >= 4 is 18.5 Å². The molecule has 6 heteroatoms. The summed E-state index contributed by atoms with van der Waals surface area (Å²) in [5.74, 6) is 0.0363. The van der Waals surface area contributed by atoms with Crippen LogP contribution < -0.4 is 11.2 Å². The van der Waals surface area contributed by atoms with E-state index in [0.29, 0.717) is 5.57 Å². The molecule has 0 aromatic rings. The van der Waals surface area contributed by atoms with Gasteiger partial charge in [0.1, 0.15) is 5.84 Å². The quantitative estimate of drug-likeness (QED) is 0.252. The summed E-state index contributed by atoms with van der Waals surface area (Å²) >= 11 is 0. The number of allylic oxidation sites excluding steroid dienone is 1. The molecule has 13 heavy (non-hydrogen) atoms. The lowest BCUT2D eigenvalue weighted by Gasteiger charge is -1.94. The molecule has 5 N–H and O–H groups in total. The molecule has 0 unspecified atom stereocenters. The number of hydrogen-bond acceptors (Lipinski definition) is 4. The van der Waals surface area contributed by atoms with Gasteiger partial charge in [0, 0.05) is 18.0 Å². The molecular weight excluding hydrogens is 172 g/mol. The molecule has 0 fully saturated rings. The minimum atomic E-state index is -0.250. The fraction of sp³-hybridized carbons (Fsp3) is 0. The summed E-state index contributed by atoms with van der Waals surface area (Å²) < 4.78 is 0. The Morgan fingerprint density at radius 1 is 1.77 bits per heavy atom. The van der Waals surface area contributed by atoms with Crippen molar-refractivity contribution in [3.63, 3.8) is 0 Å². The first kappa shape index (κ1) is 10.9. The van der Waals surface area contributed by atoms with Crippen LogP contribution in [0.1, 0.15) is 0 Å². The number of nitrogens with one attached hydrogen (secondary N) is 2. The maximum Gasteiger partial charge on any atom is 0.290 e. The molecule has 0 saturated heterocycles. The van der Waals surface area contributed by atoms with E-state index in [2.05, 4.69) is 10.5 Å². The molecular formula is C7H10N4O2. The zero-order chi connectivity index (χ0) is 10.1. The van der Waals surface area contributed by atoms with Gasteiger partial charge in [-0.3, -0.25) is 15.6 Å². The van der Waals surface area contributed by atoms with Gasteiger partial charge in [-0.1, -0.05) is 0 Å². The van der Waals surface area contributed by atoms with Gasteiger partial charge in [-0.2, -0.15) is 5.10 Å². The first-order valence-corrected chi connectivity index (χ1v) is 3.30. The van der Waals surface area contributed by atoms with E-state index in [9.17, 15) is 0 Å². The van der Waals surface area contributed by atoms with E-state index >= 15 is 0 Å². The Hall–Kier alpha value is -2.11. The van der Waals surface area contributed by atoms with Crippen LogP contribution in [0.4, 0.5) is 0 Å². The third-order valence-electron chi connectivity index (χ3n) is 1.04. The second-order valence-electron chi connectivity index (χ2n) is 1.89. The molecule has 0 aromatic heterocycles. The number of nitrogens with two attached hydrogens (primary N) is 1. The molecule has 0 aromatic carbocycles. The van der Waals surface area contributed by atoms with Crippen LogP contribution in [0.25, 0.3) is 0 Å². The predicted octanol–water partition coefficient (Wildman–Crippen LogP) is -0.348. The van der Waals surface area contributed by atoms with Crippen molar-refractivity contribution in [2.45, 2.75) is 0 Å². The number of nitrogens with zero attached hydrogens (tertiary/aromatic N) is 1. The fourth-order valence-corrected chi connectivity index (χ4v) is 0.555. The highest BCUT2D eigenvalue weighted by Crippen LogP contribution is 1.95. The standard InChI is InChI=1S/C6H8N4.CH2O2/c7-6(8)5-2-1-3-9-10-4-5;2-1-3/h1-4,10H,(H3,7,8);1H,(H,2,3). The van der Waals surface area contributed by atoms with Gasteiger partial charge < -0.3 is 10.8 Å². The van der Waals surface area contributed by atoms with Gasteiger partial charge in [-0.25, -0.2) is 0 Å². The van der Waals surface area contributed by atoms with Crippen LogP contribution in [0.3, 0.4) is 0 Å². The predicted molar refractivity (Wildman–Crippen MR) is 49.5 cm³/mol. The molecule has 1 aliphatic heterocycles.